The van der Waals surface area contributed by atoms with Crippen molar-refractivity contribution in [1.29, 1.82) is 0 Å². The molecule has 1 aromatic carbocycles. The lowest BCUT2D eigenvalue weighted by atomic mass is 10.2. The molecule has 0 bridgehead atoms. The first-order valence-corrected chi connectivity index (χ1v) is 9.07. The number of hydrogen-bond donors (Lipinski definition) is 1. The van der Waals surface area contributed by atoms with Gasteiger partial charge in [-0.15, -0.1) is 6.42 Å². The maximum atomic E-state index is 13.2. The van der Waals surface area contributed by atoms with E-state index >= 15 is 0 Å². The average Bonchev–Trinajstić information content (AvgIpc) is 3.36. The number of pyridine rings is 1. The lowest BCUT2D eigenvalue weighted by Crippen LogP contribution is -2.32. The minimum absolute atomic E-state index is 0.185. The van der Waals surface area contributed by atoms with Crippen LogP contribution in [-0.2, 0) is 4.84 Å². The van der Waals surface area contributed by atoms with E-state index in [0.29, 0.717) is 17.9 Å². The van der Waals surface area contributed by atoms with Gasteiger partial charge in [0.1, 0.15) is 11.6 Å². The fraction of sp³-hybridized carbons (Fsp3) is 0.227. The van der Waals surface area contributed by atoms with Crippen molar-refractivity contribution in [2.75, 3.05) is 18.1 Å². The molecule has 1 unspecified atom stereocenters. The van der Waals surface area contributed by atoms with Crippen LogP contribution >= 0.6 is 0 Å². The van der Waals surface area contributed by atoms with Crippen LogP contribution in [0.3, 0.4) is 0 Å². The number of benzene rings is 1. The molecule has 3 heterocycles. The Labute approximate surface area is 163 Å². The van der Waals surface area contributed by atoms with Gasteiger partial charge in [0.2, 0.25) is 0 Å². The highest BCUT2D eigenvalue weighted by Crippen LogP contribution is 2.27. The maximum Gasteiger partial charge on any atom is 0.161 e. The Morgan fingerprint density at radius 2 is 2.14 bits per heavy atom. The van der Waals surface area contributed by atoms with E-state index in [1.807, 2.05) is 18.3 Å². The monoisotopic (exact) mass is 374 g/mol. The Morgan fingerprint density at radius 1 is 1.25 bits per heavy atom. The zero-order chi connectivity index (χ0) is 19.3. The van der Waals surface area contributed by atoms with E-state index < -0.39 is 0 Å². The first-order valence-electron chi connectivity index (χ1n) is 9.07. The van der Waals surface area contributed by atoms with Gasteiger partial charge in [-0.05, 0) is 49.7 Å². The number of hydrazine groups is 1. The second-order valence-electron chi connectivity index (χ2n) is 6.59. The Balaban J connectivity index is 1.45. The number of terminal acetylenes is 1. The highest BCUT2D eigenvalue weighted by molar-refractivity contribution is 5.47. The fourth-order valence-corrected chi connectivity index (χ4v) is 3.32. The molecule has 2 aliphatic heterocycles. The average molecular weight is 374 g/mol. The topological polar surface area (TPSA) is 40.6 Å². The molecule has 2 aliphatic rings. The molecule has 5 nitrogen and oxygen atoms in total. The SMILES string of the molecule is C#CCN1CCCC1C1=CN(c2ccc(C#Cc3cccc(F)c3)cn2)NO1. The number of halogens is 1. The summed E-state index contributed by atoms with van der Waals surface area (Å²) in [7, 11) is 0. The summed E-state index contributed by atoms with van der Waals surface area (Å²) in [4.78, 5) is 12.3. The normalized spacial score (nSPS) is 18.8. The van der Waals surface area contributed by atoms with Crippen molar-refractivity contribution in [2.45, 2.75) is 18.9 Å². The summed E-state index contributed by atoms with van der Waals surface area (Å²) in [5.74, 6) is 9.85. The van der Waals surface area contributed by atoms with Gasteiger partial charge in [-0.25, -0.2) is 14.4 Å². The van der Waals surface area contributed by atoms with Crippen LogP contribution in [0.25, 0.3) is 0 Å². The van der Waals surface area contributed by atoms with Gasteiger partial charge in [-0.3, -0.25) is 4.90 Å². The first-order chi connectivity index (χ1) is 13.7. The van der Waals surface area contributed by atoms with Crippen LogP contribution in [0.2, 0.25) is 0 Å². The Kier molecular flexibility index (Phi) is 5.25. The predicted molar refractivity (Wildman–Crippen MR) is 105 cm³/mol. The molecule has 1 N–H and O–H groups in total. The molecule has 0 spiro atoms. The Bertz CT molecular complexity index is 984. The number of hydrogen-bond acceptors (Lipinski definition) is 5. The van der Waals surface area contributed by atoms with Crippen molar-refractivity contribution in [3.63, 3.8) is 0 Å². The second-order valence-corrected chi connectivity index (χ2v) is 6.59. The number of rotatable bonds is 3. The third-order valence-corrected chi connectivity index (χ3v) is 4.68. The standard InChI is InChI=1S/C22H19FN4O/c1-2-12-26-13-4-7-20(26)21-16-27(25-28-21)22-11-10-18(15-24-22)9-8-17-5-3-6-19(23)14-17/h1,3,5-6,10-11,14-16,20,25H,4,7,12-13H2. The molecule has 1 atom stereocenters. The van der Waals surface area contributed by atoms with Crippen LogP contribution in [0.1, 0.15) is 24.0 Å². The molecule has 0 saturated carbocycles. The predicted octanol–water partition coefficient (Wildman–Crippen LogP) is 2.82. The van der Waals surface area contributed by atoms with Gasteiger partial charge in [0, 0.05) is 17.3 Å². The highest BCUT2D eigenvalue weighted by Gasteiger charge is 2.32. The summed E-state index contributed by atoms with van der Waals surface area (Å²) >= 11 is 0. The smallest absolute Gasteiger partial charge is 0.161 e. The number of nitrogens with one attached hydrogen (secondary N) is 1. The van der Waals surface area contributed by atoms with E-state index in [2.05, 4.69) is 33.2 Å². The fourth-order valence-electron chi connectivity index (χ4n) is 3.32. The van der Waals surface area contributed by atoms with Crippen LogP contribution in [0.5, 0.6) is 0 Å². The van der Waals surface area contributed by atoms with Crippen molar-refractivity contribution < 1.29 is 9.23 Å². The number of anilines is 1. The summed E-state index contributed by atoms with van der Waals surface area (Å²) in [6.45, 7) is 1.59. The van der Waals surface area contributed by atoms with E-state index in [1.165, 1.54) is 12.1 Å². The molecule has 0 amide bonds. The van der Waals surface area contributed by atoms with E-state index in [-0.39, 0.29) is 11.9 Å². The second kappa shape index (κ2) is 8.14. The highest BCUT2D eigenvalue weighted by atomic mass is 19.1. The third-order valence-electron chi connectivity index (χ3n) is 4.68. The molecule has 1 fully saturated rings. The Morgan fingerprint density at radius 3 is 2.93 bits per heavy atom. The summed E-state index contributed by atoms with van der Waals surface area (Å²) in [6.07, 6.45) is 11.2. The van der Waals surface area contributed by atoms with Gasteiger partial charge >= 0.3 is 0 Å². The third kappa shape index (κ3) is 3.99. The summed E-state index contributed by atoms with van der Waals surface area (Å²) in [6, 6.07) is 10.1. The molecule has 0 radical (unpaired) electrons. The molecule has 1 aromatic heterocycles. The van der Waals surface area contributed by atoms with Crippen molar-refractivity contribution >= 4 is 5.82 Å². The van der Waals surface area contributed by atoms with Crippen LogP contribution in [0.15, 0.2) is 54.6 Å². The quantitative estimate of drug-likeness (QED) is 0.837. The molecule has 28 heavy (non-hydrogen) atoms. The minimum Gasteiger partial charge on any atom is -0.390 e. The van der Waals surface area contributed by atoms with Crippen LogP contribution in [0, 0.1) is 30.0 Å². The van der Waals surface area contributed by atoms with Crippen molar-refractivity contribution in [3.8, 4) is 24.2 Å². The molecular formula is C22H19FN4O. The van der Waals surface area contributed by atoms with E-state index in [1.54, 1.807) is 23.3 Å². The van der Waals surface area contributed by atoms with Crippen molar-refractivity contribution in [2.24, 2.45) is 0 Å². The van der Waals surface area contributed by atoms with Crippen molar-refractivity contribution in [1.82, 2.24) is 15.5 Å². The molecular weight excluding hydrogens is 355 g/mol. The van der Waals surface area contributed by atoms with Gasteiger partial charge in [0.05, 0.1) is 18.8 Å². The van der Waals surface area contributed by atoms with E-state index in [0.717, 1.165) is 30.7 Å². The Hall–Kier alpha value is -3.32. The summed E-state index contributed by atoms with van der Waals surface area (Å²) in [5.41, 5.74) is 4.24. The lowest BCUT2D eigenvalue weighted by molar-refractivity contribution is 0.0952. The summed E-state index contributed by atoms with van der Waals surface area (Å²) < 4.78 is 13.2. The number of likely N-dealkylation sites (tertiary alicyclic amines) is 1. The molecule has 140 valence electrons. The van der Waals surface area contributed by atoms with E-state index in [9.17, 15) is 4.39 Å². The maximum absolute atomic E-state index is 13.2. The van der Waals surface area contributed by atoms with Gasteiger partial charge in [0.25, 0.3) is 0 Å². The molecule has 2 aromatic rings. The van der Waals surface area contributed by atoms with Crippen LogP contribution in [0.4, 0.5) is 10.2 Å². The van der Waals surface area contributed by atoms with Gasteiger partial charge in [0.15, 0.2) is 5.76 Å². The molecule has 0 aliphatic carbocycles. The first kappa shape index (κ1) is 18.1. The molecule has 4 rings (SSSR count). The van der Waals surface area contributed by atoms with Gasteiger partial charge in [-0.1, -0.05) is 29.4 Å². The zero-order valence-electron chi connectivity index (χ0n) is 15.2. The molecule has 1 saturated heterocycles. The van der Waals surface area contributed by atoms with Crippen LogP contribution in [-0.4, -0.2) is 29.0 Å². The lowest BCUT2D eigenvalue weighted by Gasteiger charge is -2.21. The van der Waals surface area contributed by atoms with Crippen molar-refractivity contribution in [3.05, 3.63) is 71.5 Å². The number of nitrogens with zero attached hydrogens (tertiary/aromatic N) is 3. The largest absolute Gasteiger partial charge is 0.390 e. The van der Waals surface area contributed by atoms with Crippen LogP contribution < -0.4 is 10.6 Å². The van der Waals surface area contributed by atoms with E-state index in [4.69, 9.17) is 11.3 Å². The minimum atomic E-state index is -0.300. The van der Waals surface area contributed by atoms with Gasteiger partial charge in [-0.2, -0.15) is 0 Å². The van der Waals surface area contributed by atoms with Gasteiger partial charge < -0.3 is 4.84 Å². The molecule has 6 heteroatoms. The zero-order valence-corrected chi connectivity index (χ0v) is 15.2. The summed E-state index contributed by atoms with van der Waals surface area (Å²) in [5, 5.41) is 1.73. The number of aromatic nitrogens is 1.